The smallest absolute Gasteiger partial charge is 0.219 e. The lowest BCUT2D eigenvalue weighted by Crippen LogP contribution is -2.29. The first-order valence-electron chi connectivity index (χ1n) is 6.53. The van der Waals surface area contributed by atoms with Crippen LogP contribution in [0.3, 0.4) is 0 Å². The molecule has 0 radical (unpaired) electrons. The molecular formula is C15H19NO2. The van der Waals surface area contributed by atoms with Crippen LogP contribution in [0.25, 0.3) is 0 Å². The van der Waals surface area contributed by atoms with E-state index in [9.17, 15) is 9.59 Å². The Morgan fingerprint density at radius 3 is 2.50 bits per heavy atom. The average Bonchev–Trinajstić information content (AvgIpc) is 2.64. The van der Waals surface area contributed by atoms with Crippen molar-refractivity contribution in [3.8, 4) is 0 Å². The maximum atomic E-state index is 12.3. The second kappa shape index (κ2) is 5.80. The number of carbonyl (C=O) groups is 2. The zero-order chi connectivity index (χ0) is 13.0. The second-order valence-corrected chi connectivity index (χ2v) is 4.86. The van der Waals surface area contributed by atoms with Crippen LogP contribution in [0.15, 0.2) is 30.3 Å². The van der Waals surface area contributed by atoms with Crippen molar-refractivity contribution < 1.29 is 9.59 Å². The third-order valence-electron chi connectivity index (χ3n) is 3.60. The number of likely N-dealkylation sites (tertiary alicyclic amines) is 1. The maximum Gasteiger partial charge on any atom is 0.219 e. The van der Waals surface area contributed by atoms with E-state index in [0.717, 1.165) is 31.4 Å². The van der Waals surface area contributed by atoms with E-state index in [1.165, 1.54) is 0 Å². The molecular weight excluding hydrogens is 226 g/mol. The van der Waals surface area contributed by atoms with Crippen molar-refractivity contribution in [2.45, 2.75) is 26.2 Å². The van der Waals surface area contributed by atoms with Gasteiger partial charge in [0.05, 0.1) is 0 Å². The molecule has 1 aromatic carbocycles. The molecule has 0 saturated carbocycles. The van der Waals surface area contributed by atoms with Gasteiger partial charge in [0.1, 0.15) is 0 Å². The lowest BCUT2D eigenvalue weighted by atomic mass is 9.91. The number of Topliss-reactive ketones (excluding diaryl/α,β-unsaturated/α-hetero) is 1. The van der Waals surface area contributed by atoms with Crippen LogP contribution in [0, 0.1) is 5.92 Å². The molecule has 1 heterocycles. The van der Waals surface area contributed by atoms with Crippen LogP contribution in [0.5, 0.6) is 0 Å². The van der Waals surface area contributed by atoms with E-state index in [-0.39, 0.29) is 17.6 Å². The molecule has 0 bridgehead atoms. The molecule has 0 spiro atoms. The Balaban J connectivity index is 2.02. The van der Waals surface area contributed by atoms with Crippen LogP contribution < -0.4 is 0 Å². The second-order valence-electron chi connectivity index (χ2n) is 4.86. The summed E-state index contributed by atoms with van der Waals surface area (Å²) in [5.41, 5.74) is 0.791. The standard InChI is InChI=1S/C15H19NO2/c1-12(17)16-10-5-8-14(9-11-16)15(18)13-6-3-2-4-7-13/h2-4,6-7,14H,5,8-11H2,1H3. The molecule has 1 aliphatic rings. The Hall–Kier alpha value is -1.64. The van der Waals surface area contributed by atoms with E-state index >= 15 is 0 Å². The minimum atomic E-state index is 0.0664. The molecule has 3 nitrogen and oxygen atoms in total. The van der Waals surface area contributed by atoms with Gasteiger partial charge in [0.2, 0.25) is 5.91 Å². The van der Waals surface area contributed by atoms with Gasteiger partial charge in [0.15, 0.2) is 5.78 Å². The molecule has 1 aliphatic heterocycles. The van der Waals surface area contributed by atoms with E-state index in [1.807, 2.05) is 35.2 Å². The van der Waals surface area contributed by atoms with Crippen molar-refractivity contribution in [1.29, 1.82) is 0 Å². The van der Waals surface area contributed by atoms with Gasteiger partial charge >= 0.3 is 0 Å². The van der Waals surface area contributed by atoms with Gasteiger partial charge in [-0.3, -0.25) is 9.59 Å². The highest BCUT2D eigenvalue weighted by Gasteiger charge is 2.24. The van der Waals surface area contributed by atoms with Crippen molar-refractivity contribution >= 4 is 11.7 Å². The van der Waals surface area contributed by atoms with Gasteiger partial charge in [-0.05, 0) is 19.3 Å². The van der Waals surface area contributed by atoms with Gasteiger partial charge in [-0.1, -0.05) is 30.3 Å². The van der Waals surface area contributed by atoms with Crippen molar-refractivity contribution in [3.63, 3.8) is 0 Å². The van der Waals surface area contributed by atoms with Crippen LogP contribution in [0.4, 0.5) is 0 Å². The highest BCUT2D eigenvalue weighted by molar-refractivity contribution is 5.97. The number of hydrogen-bond acceptors (Lipinski definition) is 2. The summed E-state index contributed by atoms with van der Waals surface area (Å²) in [4.78, 5) is 25.5. The Labute approximate surface area is 108 Å². The normalized spacial score (nSPS) is 20.3. The first-order chi connectivity index (χ1) is 8.68. The topological polar surface area (TPSA) is 37.4 Å². The van der Waals surface area contributed by atoms with E-state index in [4.69, 9.17) is 0 Å². The Morgan fingerprint density at radius 1 is 1.11 bits per heavy atom. The summed E-state index contributed by atoms with van der Waals surface area (Å²) in [5, 5.41) is 0. The van der Waals surface area contributed by atoms with Gasteiger partial charge in [-0.25, -0.2) is 0 Å². The Bertz CT molecular complexity index is 427. The molecule has 1 unspecified atom stereocenters. The van der Waals surface area contributed by atoms with Crippen molar-refractivity contribution in [2.75, 3.05) is 13.1 Å². The molecule has 18 heavy (non-hydrogen) atoms. The first-order valence-corrected chi connectivity index (χ1v) is 6.53. The predicted molar refractivity (Wildman–Crippen MR) is 70.4 cm³/mol. The third-order valence-corrected chi connectivity index (χ3v) is 3.60. The number of benzene rings is 1. The van der Waals surface area contributed by atoms with Gasteiger partial charge in [-0.15, -0.1) is 0 Å². The van der Waals surface area contributed by atoms with Crippen LogP contribution in [0.1, 0.15) is 36.5 Å². The summed E-state index contributed by atoms with van der Waals surface area (Å²) >= 11 is 0. The largest absolute Gasteiger partial charge is 0.343 e. The number of ketones is 1. The molecule has 0 aromatic heterocycles. The molecule has 1 aromatic rings. The molecule has 0 N–H and O–H groups in total. The van der Waals surface area contributed by atoms with Crippen molar-refractivity contribution in [1.82, 2.24) is 4.90 Å². The van der Waals surface area contributed by atoms with Gasteiger partial charge in [0.25, 0.3) is 0 Å². The summed E-state index contributed by atoms with van der Waals surface area (Å²) in [7, 11) is 0. The molecule has 1 fully saturated rings. The van der Waals surface area contributed by atoms with E-state index in [1.54, 1.807) is 6.92 Å². The Morgan fingerprint density at radius 2 is 1.83 bits per heavy atom. The lowest BCUT2D eigenvalue weighted by molar-refractivity contribution is -0.128. The summed E-state index contributed by atoms with van der Waals surface area (Å²) in [5.74, 6) is 0.403. The quantitative estimate of drug-likeness (QED) is 0.751. The van der Waals surface area contributed by atoms with E-state index in [0.29, 0.717) is 6.54 Å². The summed E-state index contributed by atoms with van der Waals surface area (Å²) in [6.07, 6.45) is 2.59. The zero-order valence-corrected chi connectivity index (χ0v) is 10.8. The molecule has 96 valence electrons. The fourth-order valence-corrected chi connectivity index (χ4v) is 2.51. The monoisotopic (exact) mass is 245 g/mol. The number of rotatable bonds is 2. The lowest BCUT2D eigenvalue weighted by Gasteiger charge is -2.18. The summed E-state index contributed by atoms with van der Waals surface area (Å²) < 4.78 is 0. The average molecular weight is 245 g/mol. The van der Waals surface area contributed by atoms with Crippen molar-refractivity contribution in [3.05, 3.63) is 35.9 Å². The molecule has 0 aliphatic carbocycles. The third kappa shape index (κ3) is 2.97. The molecule has 2 rings (SSSR count). The van der Waals surface area contributed by atoms with Crippen molar-refractivity contribution in [2.24, 2.45) is 5.92 Å². The molecule has 1 atom stereocenters. The van der Waals surface area contributed by atoms with E-state index < -0.39 is 0 Å². The number of nitrogens with zero attached hydrogens (tertiary/aromatic N) is 1. The number of amides is 1. The van der Waals surface area contributed by atoms with Gasteiger partial charge in [-0.2, -0.15) is 0 Å². The summed E-state index contributed by atoms with van der Waals surface area (Å²) in [6, 6.07) is 9.45. The highest BCUT2D eigenvalue weighted by atomic mass is 16.2. The minimum absolute atomic E-state index is 0.0664. The maximum absolute atomic E-state index is 12.3. The molecule has 1 saturated heterocycles. The van der Waals surface area contributed by atoms with Gasteiger partial charge < -0.3 is 4.90 Å². The first kappa shape index (κ1) is 12.8. The van der Waals surface area contributed by atoms with Crippen LogP contribution in [-0.4, -0.2) is 29.7 Å². The number of carbonyl (C=O) groups excluding carboxylic acids is 2. The zero-order valence-electron chi connectivity index (χ0n) is 10.8. The highest BCUT2D eigenvalue weighted by Crippen LogP contribution is 2.21. The Kier molecular flexibility index (Phi) is 4.13. The fraction of sp³-hybridized carbons (Fsp3) is 0.467. The molecule has 1 amide bonds. The van der Waals surface area contributed by atoms with Crippen LogP contribution in [-0.2, 0) is 4.79 Å². The fourth-order valence-electron chi connectivity index (χ4n) is 2.51. The van der Waals surface area contributed by atoms with Gasteiger partial charge in [0, 0.05) is 31.5 Å². The minimum Gasteiger partial charge on any atom is -0.343 e. The predicted octanol–water partition coefficient (Wildman–Crippen LogP) is 2.52. The summed E-state index contributed by atoms with van der Waals surface area (Å²) in [6.45, 7) is 3.09. The number of hydrogen-bond donors (Lipinski definition) is 0. The molecule has 3 heteroatoms. The SMILES string of the molecule is CC(=O)N1CCCC(C(=O)c2ccccc2)CC1. The van der Waals surface area contributed by atoms with Crippen LogP contribution >= 0.6 is 0 Å². The van der Waals surface area contributed by atoms with E-state index in [2.05, 4.69) is 0 Å². The van der Waals surface area contributed by atoms with Crippen LogP contribution in [0.2, 0.25) is 0 Å².